The van der Waals surface area contributed by atoms with Gasteiger partial charge in [-0.25, -0.2) is 0 Å². The number of rotatable bonds is 5. The second-order valence-corrected chi connectivity index (χ2v) is 5.62. The van der Waals surface area contributed by atoms with Gasteiger partial charge < -0.3 is 9.64 Å². The van der Waals surface area contributed by atoms with Gasteiger partial charge in [0, 0.05) is 18.2 Å². The van der Waals surface area contributed by atoms with Crippen molar-refractivity contribution >= 4 is 6.08 Å². The predicted octanol–water partition coefficient (Wildman–Crippen LogP) is 2.73. The number of hydrogen-bond donors (Lipinski definition) is 0. The fourth-order valence-electron chi connectivity index (χ4n) is 2.73. The van der Waals surface area contributed by atoms with Crippen LogP contribution < -0.4 is 4.74 Å². The second-order valence-electron chi connectivity index (χ2n) is 5.62. The van der Waals surface area contributed by atoms with Crippen LogP contribution in [0.1, 0.15) is 18.4 Å². The summed E-state index contributed by atoms with van der Waals surface area (Å²) in [6.07, 6.45) is 6.94. The second kappa shape index (κ2) is 7.46. The first-order valence-electron chi connectivity index (χ1n) is 7.39. The van der Waals surface area contributed by atoms with Gasteiger partial charge >= 0.3 is 0 Å². The minimum atomic E-state index is 0.716. The lowest BCUT2D eigenvalue weighted by Gasteiger charge is -2.34. The Labute approximate surface area is 122 Å². The van der Waals surface area contributed by atoms with Crippen molar-refractivity contribution in [1.82, 2.24) is 9.80 Å². The molecule has 0 bridgehead atoms. The summed E-state index contributed by atoms with van der Waals surface area (Å²) in [4.78, 5) is 4.87. The van der Waals surface area contributed by atoms with Crippen LogP contribution in [-0.4, -0.2) is 56.7 Å². The minimum Gasteiger partial charge on any atom is -0.496 e. The van der Waals surface area contributed by atoms with Gasteiger partial charge in [-0.2, -0.15) is 0 Å². The van der Waals surface area contributed by atoms with Crippen LogP contribution in [0.3, 0.4) is 0 Å². The summed E-state index contributed by atoms with van der Waals surface area (Å²) < 4.78 is 5.36. The van der Waals surface area contributed by atoms with Crippen LogP contribution in [0.15, 0.2) is 30.3 Å². The maximum atomic E-state index is 5.36. The molecule has 20 heavy (non-hydrogen) atoms. The van der Waals surface area contributed by atoms with E-state index in [1.807, 2.05) is 18.2 Å². The third-order valence-corrected chi connectivity index (χ3v) is 4.14. The van der Waals surface area contributed by atoms with Crippen molar-refractivity contribution in [2.75, 3.05) is 40.8 Å². The van der Waals surface area contributed by atoms with E-state index >= 15 is 0 Å². The number of hydrogen-bond acceptors (Lipinski definition) is 3. The van der Waals surface area contributed by atoms with Crippen LogP contribution in [0.25, 0.3) is 6.08 Å². The molecule has 1 aromatic rings. The van der Waals surface area contributed by atoms with E-state index in [0.717, 1.165) is 17.9 Å². The summed E-state index contributed by atoms with van der Waals surface area (Å²) in [5, 5.41) is 0. The van der Waals surface area contributed by atoms with Gasteiger partial charge in [0.25, 0.3) is 0 Å². The lowest BCUT2D eigenvalue weighted by molar-refractivity contribution is 0.155. The van der Waals surface area contributed by atoms with E-state index in [-0.39, 0.29) is 0 Å². The van der Waals surface area contributed by atoms with Gasteiger partial charge in [-0.1, -0.05) is 30.4 Å². The number of nitrogens with zero attached hydrogens (tertiary/aromatic N) is 2. The maximum absolute atomic E-state index is 5.36. The molecule has 1 fully saturated rings. The van der Waals surface area contributed by atoms with Crippen molar-refractivity contribution in [3.63, 3.8) is 0 Å². The summed E-state index contributed by atoms with van der Waals surface area (Å²) in [7, 11) is 6.15. The fraction of sp³-hybridized carbons (Fsp3) is 0.529. The Kier molecular flexibility index (Phi) is 5.62. The fourth-order valence-corrected chi connectivity index (χ4v) is 2.73. The number of likely N-dealkylation sites (N-methyl/N-ethyl adjacent to an activating group) is 1. The number of ether oxygens (including phenoxy) is 1. The molecule has 3 nitrogen and oxygen atoms in total. The third kappa shape index (κ3) is 4.09. The van der Waals surface area contributed by atoms with E-state index in [9.17, 15) is 0 Å². The van der Waals surface area contributed by atoms with Gasteiger partial charge in [-0.15, -0.1) is 0 Å². The Bertz CT molecular complexity index is 436. The molecule has 0 atom stereocenters. The van der Waals surface area contributed by atoms with E-state index in [2.05, 4.69) is 42.1 Å². The van der Waals surface area contributed by atoms with Crippen LogP contribution in [-0.2, 0) is 0 Å². The molecule has 0 saturated carbocycles. The van der Waals surface area contributed by atoms with Gasteiger partial charge in [-0.3, -0.25) is 4.90 Å². The number of para-hydroxylation sites is 1. The first kappa shape index (κ1) is 15.1. The van der Waals surface area contributed by atoms with Crippen molar-refractivity contribution in [2.45, 2.75) is 18.9 Å². The first-order valence-corrected chi connectivity index (χ1v) is 7.39. The molecule has 0 radical (unpaired) electrons. The van der Waals surface area contributed by atoms with Crippen molar-refractivity contribution < 1.29 is 4.74 Å². The zero-order chi connectivity index (χ0) is 14.4. The van der Waals surface area contributed by atoms with E-state index in [1.165, 1.54) is 25.9 Å². The Hall–Kier alpha value is -1.32. The largest absolute Gasteiger partial charge is 0.496 e. The van der Waals surface area contributed by atoms with Crippen molar-refractivity contribution in [1.29, 1.82) is 0 Å². The number of benzene rings is 1. The number of likely N-dealkylation sites (tertiary alicyclic amines) is 1. The van der Waals surface area contributed by atoms with Crippen LogP contribution >= 0.6 is 0 Å². The van der Waals surface area contributed by atoms with E-state index < -0.39 is 0 Å². The highest BCUT2D eigenvalue weighted by Crippen LogP contribution is 2.19. The summed E-state index contributed by atoms with van der Waals surface area (Å²) in [5.74, 6) is 0.936. The monoisotopic (exact) mass is 274 g/mol. The average molecular weight is 274 g/mol. The molecule has 1 aliphatic heterocycles. The maximum Gasteiger partial charge on any atom is 0.126 e. The van der Waals surface area contributed by atoms with Crippen molar-refractivity contribution in [2.24, 2.45) is 0 Å². The molecule has 1 aromatic carbocycles. The highest BCUT2D eigenvalue weighted by atomic mass is 16.5. The molecule has 3 heteroatoms. The van der Waals surface area contributed by atoms with Crippen LogP contribution in [0, 0.1) is 0 Å². The quantitative estimate of drug-likeness (QED) is 0.821. The number of piperidine rings is 1. The van der Waals surface area contributed by atoms with E-state index in [4.69, 9.17) is 4.74 Å². The molecule has 0 N–H and O–H groups in total. The standard InChI is InChI=1S/C17H26N2O/c1-18-13-10-16(11-14-18)19(2)12-6-8-15-7-4-5-9-17(15)20-3/h4-9,16H,10-14H2,1-3H3/b8-6+. The lowest BCUT2D eigenvalue weighted by Crippen LogP contribution is -2.41. The van der Waals surface area contributed by atoms with E-state index in [0.29, 0.717) is 6.04 Å². The highest BCUT2D eigenvalue weighted by Gasteiger charge is 2.19. The van der Waals surface area contributed by atoms with Crippen LogP contribution in [0.2, 0.25) is 0 Å². The topological polar surface area (TPSA) is 15.7 Å². The minimum absolute atomic E-state index is 0.716. The summed E-state index contributed by atoms with van der Waals surface area (Å²) in [5.41, 5.74) is 1.15. The molecule has 1 saturated heterocycles. The molecule has 0 aliphatic carbocycles. The molecule has 110 valence electrons. The molecule has 2 rings (SSSR count). The Morgan fingerprint density at radius 1 is 1.30 bits per heavy atom. The highest BCUT2D eigenvalue weighted by molar-refractivity contribution is 5.57. The van der Waals surface area contributed by atoms with Gasteiger partial charge in [0.2, 0.25) is 0 Å². The Morgan fingerprint density at radius 2 is 2.00 bits per heavy atom. The zero-order valence-electron chi connectivity index (χ0n) is 12.9. The van der Waals surface area contributed by atoms with Gasteiger partial charge in [0.15, 0.2) is 0 Å². The van der Waals surface area contributed by atoms with Crippen molar-refractivity contribution in [3.8, 4) is 5.75 Å². The summed E-state index contributed by atoms with van der Waals surface area (Å²) >= 11 is 0. The Balaban J connectivity index is 1.86. The normalized spacial score (nSPS) is 18.0. The molecule has 0 spiro atoms. The lowest BCUT2D eigenvalue weighted by atomic mass is 10.0. The van der Waals surface area contributed by atoms with E-state index in [1.54, 1.807) is 7.11 Å². The molecule has 0 unspecified atom stereocenters. The van der Waals surface area contributed by atoms with Gasteiger partial charge in [-0.05, 0) is 46.1 Å². The summed E-state index contributed by atoms with van der Waals surface area (Å²) in [6, 6.07) is 8.85. The SMILES string of the molecule is COc1ccccc1/C=C/CN(C)C1CCN(C)CC1. The van der Waals surface area contributed by atoms with Crippen molar-refractivity contribution in [3.05, 3.63) is 35.9 Å². The van der Waals surface area contributed by atoms with Gasteiger partial charge in [0.05, 0.1) is 7.11 Å². The van der Waals surface area contributed by atoms with Gasteiger partial charge in [0.1, 0.15) is 5.75 Å². The molecular weight excluding hydrogens is 248 g/mol. The molecule has 0 aromatic heterocycles. The van der Waals surface area contributed by atoms with Crippen LogP contribution in [0.4, 0.5) is 0 Å². The first-order chi connectivity index (χ1) is 9.70. The molecule has 1 heterocycles. The van der Waals surface area contributed by atoms with Crippen LogP contribution in [0.5, 0.6) is 5.75 Å². The predicted molar refractivity (Wildman–Crippen MR) is 85.2 cm³/mol. The Morgan fingerprint density at radius 3 is 2.70 bits per heavy atom. The molecule has 0 amide bonds. The zero-order valence-corrected chi connectivity index (χ0v) is 12.9. The smallest absolute Gasteiger partial charge is 0.126 e. The number of methoxy groups -OCH3 is 1. The molecule has 1 aliphatic rings. The average Bonchev–Trinajstić information content (AvgIpc) is 2.48. The molecular formula is C17H26N2O. The summed E-state index contributed by atoms with van der Waals surface area (Å²) in [6.45, 7) is 3.42. The third-order valence-electron chi connectivity index (χ3n) is 4.14.